The van der Waals surface area contributed by atoms with Gasteiger partial charge in [0.25, 0.3) is 16.8 Å². The van der Waals surface area contributed by atoms with Crippen LogP contribution in [-0.2, 0) is 75.6 Å². The van der Waals surface area contributed by atoms with Crippen molar-refractivity contribution in [1.29, 1.82) is 0 Å². The number of methoxy groups -OCH3 is 5. The highest BCUT2D eigenvalue weighted by Gasteiger charge is 2.25. The predicted molar refractivity (Wildman–Crippen MR) is 478 cm³/mol. The molecular formula is C87H98Br3ClFI2N15O12. The zero-order chi connectivity index (χ0) is 85.7. The zero-order valence-electron chi connectivity index (χ0n) is 70.6. The summed E-state index contributed by atoms with van der Waals surface area (Å²) in [4.78, 5) is 48.2. The molecule has 0 saturated heterocycles. The summed E-state index contributed by atoms with van der Waals surface area (Å²) in [5, 5.41) is 34.7. The number of halogens is 7. The Kier molecular flexibility index (Phi) is 34.1. The van der Waals surface area contributed by atoms with Crippen LogP contribution in [0.4, 0.5) is 4.39 Å². The number of aryl methyl sites for hydroxylation is 5. The van der Waals surface area contributed by atoms with Crippen molar-refractivity contribution in [2.45, 2.75) is 69.1 Å². The first-order valence-corrected chi connectivity index (χ1v) is 41.7. The fourth-order valence-electron chi connectivity index (χ4n) is 14.1. The van der Waals surface area contributed by atoms with Gasteiger partial charge in [-0.25, -0.2) is 4.39 Å². The monoisotopic (exact) mass is 2090 g/mol. The minimum absolute atomic E-state index is 0. The first-order valence-electron chi connectivity index (χ1n) is 37.9. The molecule has 10 heterocycles. The topological polar surface area (TPSA) is 280 Å². The van der Waals surface area contributed by atoms with Crippen LogP contribution in [0.25, 0.3) is 109 Å². The lowest BCUT2D eigenvalue weighted by molar-refractivity contribution is -0.883. The Morgan fingerprint density at radius 1 is 0.479 bits per heavy atom. The Morgan fingerprint density at radius 3 is 1.36 bits per heavy atom. The fourth-order valence-corrected chi connectivity index (χ4v) is 15.4. The summed E-state index contributed by atoms with van der Waals surface area (Å²) in [7, 11) is 26.4. The maximum atomic E-state index is 13.5. The van der Waals surface area contributed by atoms with Gasteiger partial charge in [-0.2, -0.15) is 35.2 Å². The van der Waals surface area contributed by atoms with E-state index in [1.54, 1.807) is 48.6 Å². The molecule has 642 valence electrons. The van der Waals surface area contributed by atoms with E-state index in [4.69, 9.17) is 58.8 Å². The van der Waals surface area contributed by atoms with Crippen LogP contribution < -0.4 is 82.8 Å². The number of aromatic nitrogens is 13. The number of H-pyrrole nitrogens is 2. The number of nitrogens with zero attached hydrogens (tertiary/aromatic N) is 13. The number of ether oxygens (including phenoxy) is 9. The highest BCUT2D eigenvalue weighted by Crippen LogP contribution is 2.40. The Hall–Kier alpha value is -8.86. The average Bonchev–Trinajstić information content (AvgIpc) is 1.62. The molecule has 0 amide bonds. The first kappa shape index (κ1) is 96.0. The summed E-state index contributed by atoms with van der Waals surface area (Å²) in [6.07, 6.45) is 0.857. The van der Waals surface area contributed by atoms with Crippen LogP contribution in [0.5, 0.6) is 29.3 Å². The largest absolute Gasteiger partial charge is 1.00 e. The van der Waals surface area contributed by atoms with Gasteiger partial charge in [0, 0.05) is 147 Å². The quantitative estimate of drug-likeness (QED) is 0.0276. The molecule has 27 nitrogen and oxygen atoms in total. The number of rotatable bonds is 22. The second-order valence-electron chi connectivity index (χ2n) is 30.1. The van der Waals surface area contributed by atoms with Crippen LogP contribution in [0.3, 0.4) is 0 Å². The molecule has 0 bridgehead atoms. The van der Waals surface area contributed by atoms with E-state index in [-0.39, 0.29) is 92.1 Å². The number of hydrogen-bond donors (Lipinski definition) is 2. The predicted octanol–water partition coefficient (Wildman–Crippen LogP) is 11.6. The van der Waals surface area contributed by atoms with Gasteiger partial charge in [-0.1, -0.05) is 152 Å². The first-order chi connectivity index (χ1) is 57.0. The van der Waals surface area contributed by atoms with Crippen molar-refractivity contribution in [2.75, 3.05) is 105 Å². The molecule has 16 rings (SSSR count). The Morgan fingerprint density at radius 2 is 0.884 bits per heavy atom. The normalized spacial score (nSPS) is 11.4. The molecule has 0 spiro atoms. The smallest absolute Gasteiger partial charge is 0.261 e. The molecule has 0 radical (unpaired) electrons. The van der Waals surface area contributed by atoms with Gasteiger partial charge in [0.2, 0.25) is 23.5 Å². The minimum Gasteiger partial charge on any atom is -1.00 e. The van der Waals surface area contributed by atoms with E-state index in [2.05, 4.69) is 173 Å². The second kappa shape index (κ2) is 43.0. The molecule has 16 aromatic rings. The molecule has 0 unspecified atom stereocenters. The van der Waals surface area contributed by atoms with Crippen LogP contribution in [0.2, 0.25) is 5.02 Å². The molecule has 2 N–H and O–H groups in total. The number of aromatic amines is 2. The number of pyridine rings is 6. The molecule has 0 atom stereocenters. The van der Waals surface area contributed by atoms with Gasteiger partial charge in [0.05, 0.1) is 88.0 Å². The van der Waals surface area contributed by atoms with Crippen molar-refractivity contribution in [3.05, 3.63) is 204 Å². The summed E-state index contributed by atoms with van der Waals surface area (Å²) in [6.45, 7) is 10.5. The highest BCUT2D eigenvalue weighted by atomic mass is 127. The van der Waals surface area contributed by atoms with Crippen molar-refractivity contribution < 1.29 is 108 Å². The lowest BCUT2D eigenvalue weighted by Gasteiger charge is -2.26. The summed E-state index contributed by atoms with van der Waals surface area (Å²) < 4.78 is 72.9. The second-order valence-corrected chi connectivity index (χ2v) is 32.2. The van der Waals surface area contributed by atoms with E-state index in [1.807, 2.05) is 125 Å². The molecular weight excluding hydrogens is 2000 g/mol. The van der Waals surface area contributed by atoms with Crippen LogP contribution in [0, 0.1) is 12.7 Å². The van der Waals surface area contributed by atoms with Gasteiger partial charge in [-0.05, 0) is 90.7 Å². The number of nitrogens with one attached hydrogen (secondary N) is 2. The minimum atomic E-state index is -0.331. The lowest BCUT2D eigenvalue weighted by atomic mass is 9.97. The third-order valence-electron chi connectivity index (χ3n) is 19.1. The molecule has 34 heteroatoms. The number of quaternary nitrogens is 2. The maximum absolute atomic E-state index is 13.5. The van der Waals surface area contributed by atoms with Crippen molar-refractivity contribution in [3.8, 4) is 29.3 Å². The molecule has 0 aliphatic heterocycles. The Balaban J connectivity index is 0.000000165. The Labute approximate surface area is 763 Å². The standard InChI is InChI=1S/C16H22N2O.C15H16BrN3O3.C15H20N2O.C14H13BrClN3O2.C14H14FN3O2.C13H11BrN2O3.2HI/c1-11(2)15-14(10-18(3,4)5)12-8-6-7-9-13(12)16(19)17-15;1-19-14-13(12(7-16)18-19)10-5-4-9(21-3)6-11(10)15(17-14)22-8-20-2;1-5-14-13(10-17(2,3)4)11-8-6-7-9-12(11)15(18)16-14;1-19-13-12(11(6-15)18-19)9-4-3-8(16)5-10(9)14(17-13)21-7-20-2;1-8-12-10-5-4-9(15)6-11(10)14(20-7-19-3)16-13(12)18(2)17-8;1-17-7-18-12-9-5-3-2-4-8(9)11-10(6-14)16-19-13(11)15-12;;/h6-9,11H,10H2,1-5H3;4-6H,7-8H2,1-3H3;6-9H,5,10H2,1-4H3;3-5H,6-7H2,1-2H3;4-6H,7H2,1-3H3;2-5H,6-7H2,1H3;2*1H. The third-order valence-corrected chi connectivity index (χ3v) is 20.9. The van der Waals surface area contributed by atoms with Crippen LogP contribution in [-0.4, -0.2) is 178 Å². The van der Waals surface area contributed by atoms with E-state index >= 15 is 0 Å². The summed E-state index contributed by atoms with van der Waals surface area (Å²) >= 11 is 16.5. The van der Waals surface area contributed by atoms with Crippen molar-refractivity contribution >= 4 is 168 Å². The van der Waals surface area contributed by atoms with Gasteiger partial charge in [-0.3, -0.25) is 23.6 Å². The number of alkyl halides is 3. The van der Waals surface area contributed by atoms with Crippen LogP contribution in [0.1, 0.15) is 72.0 Å². The summed E-state index contributed by atoms with van der Waals surface area (Å²) in [5.41, 5.74) is 11.0. The molecule has 0 aliphatic carbocycles. The van der Waals surface area contributed by atoms with Crippen molar-refractivity contribution in [2.24, 2.45) is 21.1 Å². The van der Waals surface area contributed by atoms with E-state index < -0.39 is 0 Å². The van der Waals surface area contributed by atoms with E-state index in [0.29, 0.717) is 67.2 Å². The third kappa shape index (κ3) is 22.2. The number of hydrogen-bond acceptors (Lipinski definition) is 20. The van der Waals surface area contributed by atoms with E-state index in [0.717, 1.165) is 160 Å². The number of benzene rings is 6. The highest BCUT2D eigenvalue weighted by molar-refractivity contribution is 9.09. The average molecular weight is 2090 g/mol. The molecule has 6 aromatic carbocycles. The molecule has 0 fully saturated rings. The summed E-state index contributed by atoms with van der Waals surface area (Å²) in [5.74, 6) is 2.57. The van der Waals surface area contributed by atoms with Crippen molar-refractivity contribution in [1.82, 2.24) is 64.4 Å². The van der Waals surface area contributed by atoms with Gasteiger partial charge in [0.1, 0.15) is 30.4 Å². The SMILES string of the molecule is CC(C)c1[nH]c(=O)c2ccccc2c1C[N+](C)(C)C.CCc1[nH]c(=O)c2ccccc2c1C[N+](C)(C)C.COCOc1nc2c(c(C)nn2C)c2ccc(F)cc12.COCOc1nc2c(c(CBr)nn2C)c2ccc(Cl)cc12.COCOc1nc2c(c(CBr)nn2C)c2ccc(OC)cc12.COCOc1nc2onc(CBr)c2c2ccccc12.[I-].[I-]. The van der Waals surface area contributed by atoms with Gasteiger partial charge in [0.15, 0.2) is 44.1 Å². The van der Waals surface area contributed by atoms with Crippen LogP contribution in [0.15, 0.2) is 142 Å². The lowest BCUT2D eigenvalue weighted by Crippen LogP contribution is -3.00. The summed E-state index contributed by atoms with van der Waals surface area (Å²) in [6, 6.07) is 39.7. The van der Waals surface area contributed by atoms with Crippen molar-refractivity contribution in [3.63, 3.8) is 0 Å². The van der Waals surface area contributed by atoms with Gasteiger partial charge >= 0.3 is 0 Å². The molecule has 0 aliphatic rings. The van der Waals surface area contributed by atoms with Crippen LogP contribution >= 0.6 is 59.4 Å². The van der Waals surface area contributed by atoms with Gasteiger partial charge < -0.3 is 114 Å². The van der Waals surface area contributed by atoms with Gasteiger partial charge in [-0.15, -0.1) is 0 Å². The zero-order valence-corrected chi connectivity index (χ0v) is 80.5. The molecule has 10 aromatic heterocycles. The van der Waals surface area contributed by atoms with E-state index in [9.17, 15) is 14.0 Å². The Bertz CT molecular complexity index is 6450. The number of fused-ring (bicyclic) bond motifs is 14. The fraction of sp³-hybridized carbons (Fsp3) is 0.333. The maximum Gasteiger partial charge on any atom is 0.261 e. The van der Waals surface area contributed by atoms with E-state index in [1.165, 1.54) is 30.4 Å². The molecule has 121 heavy (non-hydrogen) atoms. The molecule has 0 saturated carbocycles.